The van der Waals surface area contributed by atoms with Crippen LogP contribution in [-0.4, -0.2) is 22.9 Å². The molecule has 0 fully saturated rings. The van der Waals surface area contributed by atoms with Crippen LogP contribution in [0.4, 0.5) is 10.8 Å². The molecule has 0 bridgehead atoms. The first-order valence-corrected chi connectivity index (χ1v) is 10.3. The molecule has 0 unspecified atom stereocenters. The maximum Gasteiger partial charge on any atom is 0.265 e. The Morgan fingerprint density at radius 3 is 2.83 bits per heavy atom. The summed E-state index contributed by atoms with van der Waals surface area (Å²) >= 11 is 1.37. The van der Waals surface area contributed by atoms with E-state index in [1.54, 1.807) is 6.92 Å². The lowest BCUT2D eigenvalue weighted by Crippen LogP contribution is -2.34. The number of thiazole rings is 1. The van der Waals surface area contributed by atoms with Crippen LogP contribution in [-0.2, 0) is 16.0 Å². The monoisotopic (exact) mass is 407 g/mol. The van der Waals surface area contributed by atoms with Crippen LogP contribution in [0.15, 0.2) is 47.8 Å². The predicted octanol–water partition coefficient (Wildman–Crippen LogP) is 4.41. The highest BCUT2D eigenvalue weighted by Crippen LogP contribution is 2.34. The van der Waals surface area contributed by atoms with Gasteiger partial charge in [0.25, 0.3) is 5.91 Å². The van der Waals surface area contributed by atoms with Crippen LogP contribution in [0.1, 0.15) is 24.5 Å². The van der Waals surface area contributed by atoms with Gasteiger partial charge in [0.15, 0.2) is 11.2 Å². The van der Waals surface area contributed by atoms with Crippen molar-refractivity contribution in [2.75, 3.05) is 10.6 Å². The summed E-state index contributed by atoms with van der Waals surface area (Å²) in [6.07, 6.45) is 0.584. The number of hydrogen-bond donors (Lipinski definition) is 2. The Hall–Kier alpha value is -3.19. The Bertz CT molecular complexity index is 1060. The molecule has 1 aromatic heterocycles. The minimum absolute atomic E-state index is 0.0634. The summed E-state index contributed by atoms with van der Waals surface area (Å²) in [5, 5.41) is 8.14. The molecular formula is C22H21N3O3S. The number of hydrogen-bond acceptors (Lipinski definition) is 5. The van der Waals surface area contributed by atoms with Crippen molar-refractivity contribution in [3.8, 4) is 17.0 Å². The minimum Gasteiger partial charge on any atom is -0.479 e. The molecular weight excluding hydrogens is 386 g/mol. The molecule has 29 heavy (non-hydrogen) atoms. The summed E-state index contributed by atoms with van der Waals surface area (Å²) in [6, 6.07) is 13.7. The minimum atomic E-state index is -0.505. The van der Waals surface area contributed by atoms with Gasteiger partial charge in [-0.1, -0.05) is 29.8 Å². The van der Waals surface area contributed by atoms with Crippen molar-refractivity contribution in [1.29, 1.82) is 0 Å². The largest absolute Gasteiger partial charge is 0.479 e. The van der Waals surface area contributed by atoms with E-state index in [0.717, 1.165) is 16.8 Å². The van der Waals surface area contributed by atoms with E-state index in [9.17, 15) is 9.59 Å². The number of anilines is 2. The molecule has 3 aromatic rings. The second-order valence-corrected chi connectivity index (χ2v) is 7.89. The standard InChI is InChI=1S/C22H21N3O3S/c1-13-3-5-15(6-4-13)7-10-20(26)25-22-24-18(12-29-22)16-8-9-19-17(11-16)23-21(27)14(2)28-19/h3-6,8-9,11-12,14H,7,10H2,1-2H3,(H,23,27)(H,24,25,26)/t14-/m0/s1. The number of nitrogens with zero attached hydrogens (tertiary/aromatic N) is 1. The van der Waals surface area contributed by atoms with Gasteiger partial charge < -0.3 is 15.4 Å². The third-order valence-electron chi connectivity index (χ3n) is 4.72. The lowest BCUT2D eigenvalue weighted by Gasteiger charge is -2.23. The van der Waals surface area contributed by atoms with Crippen molar-refractivity contribution in [2.24, 2.45) is 0 Å². The molecule has 2 amide bonds. The van der Waals surface area contributed by atoms with Gasteiger partial charge in [0.1, 0.15) is 5.75 Å². The molecule has 4 rings (SSSR count). The molecule has 0 spiro atoms. The number of fused-ring (bicyclic) bond motifs is 1. The Balaban J connectivity index is 1.39. The second-order valence-electron chi connectivity index (χ2n) is 7.03. The Labute approximate surface area is 172 Å². The van der Waals surface area contributed by atoms with Gasteiger partial charge in [0.05, 0.1) is 11.4 Å². The molecule has 1 atom stereocenters. The number of nitrogens with one attached hydrogen (secondary N) is 2. The molecule has 148 valence electrons. The fourth-order valence-electron chi connectivity index (χ4n) is 3.03. The summed E-state index contributed by atoms with van der Waals surface area (Å²) < 4.78 is 5.58. The number of ether oxygens (including phenoxy) is 1. The van der Waals surface area contributed by atoms with Crippen LogP contribution in [0.5, 0.6) is 5.75 Å². The number of rotatable bonds is 5. The van der Waals surface area contributed by atoms with Crippen molar-refractivity contribution < 1.29 is 14.3 Å². The van der Waals surface area contributed by atoms with Gasteiger partial charge in [0.2, 0.25) is 5.91 Å². The number of aromatic nitrogens is 1. The van der Waals surface area contributed by atoms with Crippen molar-refractivity contribution in [3.63, 3.8) is 0 Å². The van der Waals surface area contributed by atoms with E-state index in [4.69, 9.17) is 4.74 Å². The highest BCUT2D eigenvalue weighted by Gasteiger charge is 2.23. The summed E-state index contributed by atoms with van der Waals surface area (Å²) in [4.78, 5) is 28.6. The number of aryl methyl sites for hydroxylation is 2. The maximum atomic E-state index is 12.2. The fourth-order valence-corrected chi connectivity index (χ4v) is 3.76. The van der Waals surface area contributed by atoms with E-state index in [0.29, 0.717) is 29.4 Å². The van der Waals surface area contributed by atoms with E-state index in [1.807, 2.05) is 54.8 Å². The lowest BCUT2D eigenvalue weighted by molar-refractivity contribution is -0.122. The van der Waals surface area contributed by atoms with E-state index in [1.165, 1.54) is 16.9 Å². The van der Waals surface area contributed by atoms with E-state index in [2.05, 4.69) is 15.6 Å². The third-order valence-corrected chi connectivity index (χ3v) is 5.48. The Morgan fingerprint density at radius 1 is 1.24 bits per heavy atom. The molecule has 0 saturated heterocycles. The molecule has 6 nitrogen and oxygen atoms in total. The fraction of sp³-hybridized carbons (Fsp3) is 0.227. The van der Waals surface area contributed by atoms with Gasteiger partial charge >= 0.3 is 0 Å². The Kier molecular flexibility index (Phi) is 5.31. The molecule has 7 heteroatoms. The quantitative estimate of drug-likeness (QED) is 0.657. The van der Waals surface area contributed by atoms with Crippen LogP contribution in [0.3, 0.4) is 0 Å². The zero-order chi connectivity index (χ0) is 20.4. The third kappa shape index (κ3) is 4.46. The number of carbonyl (C=O) groups is 2. The van der Waals surface area contributed by atoms with E-state index in [-0.39, 0.29) is 11.8 Å². The van der Waals surface area contributed by atoms with Crippen LogP contribution in [0.25, 0.3) is 11.3 Å². The first kappa shape index (κ1) is 19.1. The summed E-state index contributed by atoms with van der Waals surface area (Å²) in [5.74, 6) is 0.404. The van der Waals surface area contributed by atoms with E-state index >= 15 is 0 Å². The average Bonchev–Trinajstić information content (AvgIpc) is 3.16. The molecule has 1 aliphatic heterocycles. The van der Waals surface area contributed by atoms with Gasteiger partial charge in [-0.3, -0.25) is 9.59 Å². The summed E-state index contributed by atoms with van der Waals surface area (Å²) in [5.41, 5.74) is 4.55. The molecule has 0 aliphatic carbocycles. The van der Waals surface area contributed by atoms with E-state index < -0.39 is 6.10 Å². The van der Waals surface area contributed by atoms with Gasteiger partial charge in [-0.2, -0.15) is 0 Å². The van der Waals surface area contributed by atoms with Crippen molar-refractivity contribution in [2.45, 2.75) is 32.8 Å². The molecule has 2 heterocycles. The van der Waals surface area contributed by atoms with Gasteiger partial charge in [-0.05, 0) is 44.0 Å². The SMILES string of the molecule is Cc1ccc(CCC(=O)Nc2nc(-c3ccc4c(c3)NC(=O)[C@H](C)O4)cs2)cc1. The van der Waals surface area contributed by atoms with Gasteiger partial charge in [-0.15, -0.1) is 11.3 Å². The predicted molar refractivity (Wildman–Crippen MR) is 114 cm³/mol. The number of carbonyl (C=O) groups excluding carboxylic acids is 2. The zero-order valence-corrected chi connectivity index (χ0v) is 17.0. The Morgan fingerprint density at radius 2 is 2.03 bits per heavy atom. The lowest BCUT2D eigenvalue weighted by atomic mass is 10.1. The van der Waals surface area contributed by atoms with Gasteiger partial charge in [-0.25, -0.2) is 4.98 Å². The summed E-state index contributed by atoms with van der Waals surface area (Å²) in [6.45, 7) is 3.75. The molecule has 2 aromatic carbocycles. The smallest absolute Gasteiger partial charge is 0.265 e. The number of amides is 2. The highest BCUT2D eigenvalue weighted by atomic mass is 32.1. The number of benzene rings is 2. The summed E-state index contributed by atoms with van der Waals surface area (Å²) in [7, 11) is 0. The molecule has 0 radical (unpaired) electrons. The average molecular weight is 407 g/mol. The molecule has 1 aliphatic rings. The van der Waals surface area contributed by atoms with Crippen LogP contribution >= 0.6 is 11.3 Å². The zero-order valence-electron chi connectivity index (χ0n) is 16.2. The first-order valence-electron chi connectivity index (χ1n) is 9.41. The van der Waals surface area contributed by atoms with Crippen molar-refractivity contribution in [1.82, 2.24) is 4.98 Å². The molecule has 2 N–H and O–H groups in total. The highest BCUT2D eigenvalue weighted by molar-refractivity contribution is 7.14. The maximum absolute atomic E-state index is 12.2. The second kappa shape index (κ2) is 8.05. The topological polar surface area (TPSA) is 80.3 Å². The molecule has 0 saturated carbocycles. The normalized spacial score (nSPS) is 15.2. The van der Waals surface area contributed by atoms with Crippen molar-refractivity contribution in [3.05, 3.63) is 59.0 Å². The van der Waals surface area contributed by atoms with Crippen LogP contribution in [0.2, 0.25) is 0 Å². The van der Waals surface area contributed by atoms with Gasteiger partial charge in [0, 0.05) is 17.4 Å². The van der Waals surface area contributed by atoms with Crippen LogP contribution < -0.4 is 15.4 Å². The van der Waals surface area contributed by atoms with Crippen molar-refractivity contribution >= 4 is 34.0 Å². The first-order chi connectivity index (χ1) is 14.0. The van der Waals surface area contributed by atoms with Crippen LogP contribution in [0, 0.1) is 6.92 Å².